The molecule has 2 heterocycles. The summed E-state index contributed by atoms with van der Waals surface area (Å²) >= 11 is 13.2. The molecule has 4 amide bonds. The number of aliphatic carboxylic acids is 1. The molecule has 1 fully saturated rings. The van der Waals surface area contributed by atoms with Gasteiger partial charge in [0.2, 0.25) is 0 Å². The van der Waals surface area contributed by atoms with Crippen molar-refractivity contribution in [2.45, 2.75) is 117 Å². The number of nitrogens with one attached hydrogen (secondary N) is 1. The zero-order valence-corrected chi connectivity index (χ0v) is 36.2. The van der Waals surface area contributed by atoms with Crippen LogP contribution in [0.1, 0.15) is 86.3 Å². The summed E-state index contributed by atoms with van der Waals surface area (Å²) in [5.74, 6) is -1.88. The molecule has 0 spiro atoms. The van der Waals surface area contributed by atoms with Crippen LogP contribution in [-0.4, -0.2) is 97.4 Å². The van der Waals surface area contributed by atoms with E-state index in [2.05, 4.69) is 10.3 Å². The second-order valence-electron chi connectivity index (χ2n) is 16.9. The van der Waals surface area contributed by atoms with E-state index in [1.54, 1.807) is 92.6 Å². The molecule has 3 N–H and O–H groups in total. The molecule has 4 rings (SSSR count). The summed E-state index contributed by atoms with van der Waals surface area (Å²) in [4.78, 5) is 77.5. The first-order valence-electron chi connectivity index (χ1n) is 18.9. The van der Waals surface area contributed by atoms with E-state index in [9.17, 15) is 34.2 Å². The van der Waals surface area contributed by atoms with Gasteiger partial charge in [0.15, 0.2) is 11.6 Å². The van der Waals surface area contributed by atoms with E-state index >= 15 is 0 Å². The number of carboxylic acid groups (broad SMARTS) is 2. The third-order valence-electron chi connectivity index (χ3n) is 8.55. The van der Waals surface area contributed by atoms with Crippen LogP contribution in [0.15, 0.2) is 48.7 Å². The number of nitrogens with zero attached hydrogens (tertiary/aromatic N) is 5. The molecule has 0 bridgehead atoms. The van der Waals surface area contributed by atoms with Gasteiger partial charge in [-0.1, -0.05) is 47.5 Å². The molecule has 1 aromatic heterocycles. The Balaban J connectivity index is 1.82. The zero-order chi connectivity index (χ0) is 44.0. The van der Waals surface area contributed by atoms with Crippen LogP contribution in [0.2, 0.25) is 10.0 Å². The van der Waals surface area contributed by atoms with Crippen molar-refractivity contribution in [1.82, 2.24) is 20.2 Å². The van der Waals surface area contributed by atoms with Crippen LogP contribution in [0.25, 0.3) is 11.3 Å². The first kappa shape index (κ1) is 46.5. The van der Waals surface area contributed by atoms with Gasteiger partial charge in [0.1, 0.15) is 22.8 Å². The second kappa shape index (κ2) is 18.8. The van der Waals surface area contributed by atoms with Crippen LogP contribution in [0.5, 0.6) is 0 Å². The number of hydrogen-bond acceptors (Lipinski definition) is 11. The van der Waals surface area contributed by atoms with Gasteiger partial charge >= 0.3 is 30.3 Å². The number of carboxylic acids is 1. The summed E-state index contributed by atoms with van der Waals surface area (Å²) < 4.78 is 17.1. The number of anilines is 2. The maximum Gasteiger partial charge on any atom is 0.425 e. The molecule has 1 aliphatic rings. The molecule has 0 radical (unpaired) electrons. The number of carbonyl (C=O) groups excluding carboxylic acids is 3. The maximum absolute atomic E-state index is 14.2. The van der Waals surface area contributed by atoms with Gasteiger partial charge in [-0.05, 0) is 112 Å². The van der Waals surface area contributed by atoms with Crippen molar-refractivity contribution >= 4 is 65.2 Å². The van der Waals surface area contributed by atoms with Crippen molar-refractivity contribution in [3.05, 3.63) is 69.8 Å². The lowest BCUT2D eigenvalue weighted by atomic mass is 9.97. The normalized spacial score (nSPS) is 15.9. The highest BCUT2D eigenvalue weighted by atomic mass is 35.5. The molecule has 3 aromatic rings. The molecular formula is C41H52Cl2N6O10. The quantitative estimate of drug-likeness (QED) is 0.164. The summed E-state index contributed by atoms with van der Waals surface area (Å²) in [6.07, 6.45) is -2.05. The van der Waals surface area contributed by atoms with Crippen LogP contribution in [-0.2, 0) is 32.0 Å². The number of amides is 4. The van der Waals surface area contributed by atoms with Crippen molar-refractivity contribution in [1.29, 1.82) is 0 Å². The molecule has 18 heteroatoms. The molecule has 16 nitrogen and oxygen atoms in total. The highest BCUT2D eigenvalue weighted by Gasteiger charge is 2.40. The summed E-state index contributed by atoms with van der Waals surface area (Å²) in [5, 5.41) is 22.8. The smallest absolute Gasteiger partial charge is 0.425 e. The van der Waals surface area contributed by atoms with E-state index < -0.39 is 59.0 Å². The third kappa shape index (κ3) is 13.2. The summed E-state index contributed by atoms with van der Waals surface area (Å²) in [6.45, 7) is 15.0. The van der Waals surface area contributed by atoms with Crippen molar-refractivity contribution < 1.29 is 48.4 Å². The predicted molar refractivity (Wildman–Crippen MR) is 222 cm³/mol. The topological polar surface area (TPSA) is 201 Å². The van der Waals surface area contributed by atoms with Crippen LogP contribution in [0.4, 0.5) is 30.8 Å². The molecule has 2 atom stereocenters. The van der Waals surface area contributed by atoms with Crippen molar-refractivity contribution in [3.63, 3.8) is 0 Å². The first-order chi connectivity index (χ1) is 27.3. The van der Waals surface area contributed by atoms with Gasteiger partial charge in [-0.25, -0.2) is 33.9 Å². The Morgan fingerprint density at radius 3 is 1.93 bits per heavy atom. The van der Waals surface area contributed by atoms with Crippen molar-refractivity contribution in [3.8, 4) is 11.3 Å². The fourth-order valence-corrected chi connectivity index (χ4v) is 6.54. The van der Waals surface area contributed by atoms with Crippen LogP contribution in [0.3, 0.4) is 0 Å². The first-order valence-corrected chi connectivity index (χ1v) is 19.7. The molecule has 0 saturated carbocycles. The number of imide groups is 1. The van der Waals surface area contributed by atoms with Gasteiger partial charge in [0.25, 0.3) is 0 Å². The number of carbonyl (C=O) groups is 5. The Kier molecular flexibility index (Phi) is 14.8. The highest BCUT2D eigenvalue weighted by Crippen LogP contribution is 2.35. The fourth-order valence-electron chi connectivity index (χ4n) is 6.02. The Labute approximate surface area is 353 Å². The van der Waals surface area contributed by atoms with Crippen molar-refractivity contribution in [2.75, 3.05) is 22.9 Å². The van der Waals surface area contributed by atoms with E-state index in [0.717, 1.165) is 15.4 Å². The van der Waals surface area contributed by atoms with Crippen molar-refractivity contribution in [2.24, 2.45) is 0 Å². The minimum Gasteiger partial charge on any atom is -0.480 e. The minimum absolute atomic E-state index is 0.0960. The highest BCUT2D eigenvalue weighted by molar-refractivity contribution is 6.36. The molecule has 2 aromatic carbocycles. The number of likely N-dealkylation sites (tertiary alicyclic amines) is 1. The number of benzene rings is 2. The molecule has 1 unspecified atom stereocenters. The lowest BCUT2D eigenvalue weighted by Crippen LogP contribution is -2.53. The molecule has 320 valence electrons. The lowest BCUT2D eigenvalue weighted by Gasteiger charge is -2.35. The molecule has 1 aliphatic heterocycles. The number of piperidine rings is 1. The monoisotopic (exact) mass is 858 g/mol. The van der Waals surface area contributed by atoms with Crippen LogP contribution in [0, 0.1) is 0 Å². The van der Waals surface area contributed by atoms with Gasteiger partial charge in [0, 0.05) is 33.8 Å². The summed E-state index contributed by atoms with van der Waals surface area (Å²) in [5.41, 5.74) is -1.16. The van der Waals surface area contributed by atoms with Gasteiger partial charge in [-0.15, -0.1) is 0 Å². The third-order valence-corrected chi connectivity index (χ3v) is 9.26. The second-order valence-corrected chi connectivity index (χ2v) is 17.7. The minimum atomic E-state index is -1.27. The Bertz CT molecular complexity index is 2000. The van der Waals surface area contributed by atoms with Gasteiger partial charge in [-0.3, -0.25) is 9.80 Å². The van der Waals surface area contributed by atoms with E-state index in [-0.39, 0.29) is 47.1 Å². The Morgan fingerprint density at radius 1 is 0.831 bits per heavy atom. The van der Waals surface area contributed by atoms with E-state index in [4.69, 9.17) is 42.4 Å². The Hall–Kier alpha value is -5.19. The fraction of sp³-hybridized carbons (Fsp3) is 0.488. The van der Waals surface area contributed by atoms with Gasteiger partial charge < -0.3 is 29.7 Å². The molecule has 59 heavy (non-hydrogen) atoms. The van der Waals surface area contributed by atoms with Crippen LogP contribution >= 0.6 is 23.2 Å². The average Bonchev–Trinajstić information content (AvgIpc) is 3.09. The summed E-state index contributed by atoms with van der Waals surface area (Å²) in [6, 6.07) is 10.8. The van der Waals surface area contributed by atoms with Gasteiger partial charge in [-0.2, -0.15) is 4.90 Å². The number of hydrogen-bond donors (Lipinski definition) is 3. The molecule has 0 aliphatic carbocycles. The molecule has 1 saturated heterocycles. The van der Waals surface area contributed by atoms with E-state index in [0.29, 0.717) is 35.4 Å². The summed E-state index contributed by atoms with van der Waals surface area (Å²) in [7, 11) is 0. The molecular weight excluding hydrogens is 807 g/mol. The standard InChI is InChI=1S/C41H52Cl2N6O10/c1-39(2,3)57-36(54)48(23-27-28(42)14-11-15-29(27)43)33-32(49(37(55)58-40(4,5)6)38(56)59-41(7,8)9)45-22-30(46-33)25-13-10-12-24(20-25)16-18-44-26-17-19-47(35(52)53)31(21-26)34(50)51/h10-15,20,22,26,31,44H,16-19,21,23H2,1-9H3,(H,50,51)(H,52,53)/t26?,31-/m1/s1. The lowest BCUT2D eigenvalue weighted by molar-refractivity contribution is -0.144. The maximum atomic E-state index is 14.2. The largest absolute Gasteiger partial charge is 0.480 e. The Morgan fingerprint density at radius 2 is 1.39 bits per heavy atom. The SMILES string of the molecule is CC(C)(C)OC(=O)N(Cc1c(Cl)cccc1Cl)c1nc(-c2cccc(CCNC3CCN(C(=O)O)[C@@H](C(=O)O)C3)c2)cnc1N(C(=O)OC(C)(C)C)C(=O)OC(C)(C)C. The number of ether oxygens (including phenoxy) is 3. The zero-order valence-electron chi connectivity index (χ0n) is 34.7. The van der Waals surface area contributed by atoms with Crippen LogP contribution < -0.4 is 15.1 Å². The average molecular weight is 860 g/mol. The number of halogens is 2. The van der Waals surface area contributed by atoms with Gasteiger partial charge in [0.05, 0.1) is 18.4 Å². The number of aromatic nitrogens is 2. The number of rotatable bonds is 10. The van der Waals surface area contributed by atoms with E-state index in [1.165, 1.54) is 6.20 Å². The van der Waals surface area contributed by atoms with E-state index in [1.807, 2.05) is 12.1 Å². The predicted octanol–water partition coefficient (Wildman–Crippen LogP) is 8.80.